The number of hydrogen-bond donors (Lipinski definition) is 1. The summed E-state index contributed by atoms with van der Waals surface area (Å²) in [6.45, 7) is 0.0659. The van der Waals surface area contributed by atoms with Crippen LogP contribution in [0.2, 0.25) is 0 Å². The molecule has 0 saturated carbocycles. The Morgan fingerprint density at radius 1 is 1.16 bits per heavy atom. The zero-order valence-electron chi connectivity index (χ0n) is 12.5. The Labute approximate surface area is 164 Å². The number of carbonyl (C=O) groups is 2. The van der Waals surface area contributed by atoms with Crippen LogP contribution in [-0.2, 0) is 11.3 Å². The number of halogens is 3. The predicted molar refractivity (Wildman–Crippen MR) is 101 cm³/mol. The highest BCUT2D eigenvalue weighted by Crippen LogP contribution is 2.37. The molecular formula is C17H10Br2FNO3S. The third-order valence-corrected chi connectivity index (χ3v) is 5.44. The number of aromatic hydroxyl groups is 1. The molecule has 3 rings (SSSR count). The monoisotopic (exact) mass is 485 g/mol. The number of thioether (sulfide) groups is 1. The standard InChI is InChI=1S/C17H10Br2FNO3S/c18-11-5-10(15(22)13(19)7-11)6-14-16(23)21(17(24)25-14)8-9-1-3-12(20)4-2-9/h1-7,22H,8H2/b14-6-. The lowest BCUT2D eigenvalue weighted by atomic mass is 10.1. The van der Waals surface area contributed by atoms with Gasteiger partial charge in [0.15, 0.2) is 0 Å². The van der Waals surface area contributed by atoms with Gasteiger partial charge in [0.05, 0.1) is 15.9 Å². The summed E-state index contributed by atoms with van der Waals surface area (Å²) >= 11 is 7.34. The summed E-state index contributed by atoms with van der Waals surface area (Å²) in [7, 11) is 0. The second-order valence-electron chi connectivity index (χ2n) is 5.22. The number of phenolic OH excluding ortho intramolecular Hbond substituents is 1. The van der Waals surface area contributed by atoms with Crippen molar-refractivity contribution in [3.8, 4) is 5.75 Å². The molecule has 0 aromatic heterocycles. The van der Waals surface area contributed by atoms with Crippen molar-refractivity contribution in [1.82, 2.24) is 4.90 Å². The third kappa shape index (κ3) is 3.96. The first kappa shape index (κ1) is 18.2. The Hall–Kier alpha value is -1.64. The SMILES string of the molecule is O=C1S/C(=C\c2cc(Br)cc(Br)c2O)C(=O)N1Cc1ccc(F)cc1. The van der Waals surface area contributed by atoms with Gasteiger partial charge in [-0.2, -0.15) is 0 Å². The van der Waals surface area contributed by atoms with Gasteiger partial charge in [0.2, 0.25) is 0 Å². The lowest BCUT2D eigenvalue weighted by molar-refractivity contribution is -0.123. The molecule has 8 heteroatoms. The Bertz CT molecular complexity index is 900. The van der Waals surface area contributed by atoms with Crippen LogP contribution in [-0.4, -0.2) is 21.2 Å². The molecule has 0 aliphatic carbocycles. The first-order chi connectivity index (χ1) is 11.8. The van der Waals surface area contributed by atoms with E-state index in [1.807, 2.05) is 0 Å². The van der Waals surface area contributed by atoms with E-state index in [2.05, 4.69) is 31.9 Å². The highest BCUT2D eigenvalue weighted by molar-refractivity contribution is 9.11. The van der Waals surface area contributed by atoms with Gasteiger partial charge in [0.25, 0.3) is 11.1 Å². The molecule has 0 radical (unpaired) electrons. The molecule has 1 aliphatic rings. The zero-order valence-corrected chi connectivity index (χ0v) is 16.5. The molecule has 1 aliphatic heterocycles. The van der Waals surface area contributed by atoms with Crippen molar-refractivity contribution in [2.45, 2.75) is 6.54 Å². The van der Waals surface area contributed by atoms with E-state index >= 15 is 0 Å². The smallest absolute Gasteiger partial charge is 0.293 e. The van der Waals surface area contributed by atoms with E-state index in [4.69, 9.17) is 0 Å². The highest BCUT2D eigenvalue weighted by Gasteiger charge is 2.35. The van der Waals surface area contributed by atoms with Gasteiger partial charge < -0.3 is 5.11 Å². The second kappa shape index (κ2) is 7.31. The molecule has 0 unspecified atom stereocenters. The summed E-state index contributed by atoms with van der Waals surface area (Å²) in [5.41, 5.74) is 1.06. The quantitative estimate of drug-likeness (QED) is 0.598. The van der Waals surface area contributed by atoms with Crippen molar-refractivity contribution in [3.63, 3.8) is 0 Å². The maximum absolute atomic E-state index is 13.0. The maximum Gasteiger partial charge on any atom is 0.293 e. The van der Waals surface area contributed by atoms with Gasteiger partial charge >= 0.3 is 0 Å². The van der Waals surface area contributed by atoms with Gasteiger partial charge in [-0.15, -0.1) is 0 Å². The van der Waals surface area contributed by atoms with Crippen molar-refractivity contribution in [3.05, 3.63) is 67.2 Å². The number of benzene rings is 2. The Morgan fingerprint density at radius 2 is 1.84 bits per heavy atom. The fourth-order valence-electron chi connectivity index (χ4n) is 2.25. The number of hydrogen-bond acceptors (Lipinski definition) is 4. The minimum atomic E-state index is -0.449. The van der Waals surface area contributed by atoms with Gasteiger partial charge in [-0.1, -0.05) is 28.1 Å². The van der Waals surface area contributed by atoms with Crippen LogP contribution >= 0.6 is 43.6 Å². The molecule has 0 atom stereocenters. The van der Waals surface area contributed by atoms with Crippen molar-refractivity contribution < 1.29 is 19.1 Å². The van der Waals surface area contributed by atoms with E-state index in [9.17, 15) is 19.1 Å². The number of imide groups is 1. The van der Waals surface area contributed by atoms with Crippen molar-refractivity contribution in [2.75, 3.05) is 0 Å². The van der Waals surface area contributed by atoms with E-state index < -0.39 is 11.1 Å². The number of amides is 2. The third-order valence-electron chi connectivity index (χ3n) is 3.47. The van der Waals surface area contributed by atoms with Crippen LogP contribution in [0, 0.1) is 5.82 Å². The summed E-state index contributed by atoms with van der Waals surface area (Å²) in [6.07, 6.45) is 1.47. The lowest BCUT2D eigenvalue weighted by Gasteiger charge is -2.12. The minimum Gasteiger partial charge on any atom is -0.506 e. The minimum absolute atomic E-state index is 0.0199. The van der Waals surface area contributed by atoms with Crippen LogP contribution < -0.4 is 0 Å². The molecule has 25 heavy (non-hydrogen) atoms. The van der Waals surface area contributed by atoms with E-state index in [0.29, 0.717) is 20.1 Å². The predicted octanol–water partition coefficient (Wildman–Crippen LogP) is 5.29. The molecule has 128 valence electrons. The fraction of sp³-hybridized carbons (Fsp3) is 0.0588. The lowest BCUT2D eigenvalue weighted by Crippen LogP contribution is -2.27. The van der Waals surface area contributed by atoms with Gasteiger partial charge in [-0.25, -0.2) is 4.39 Å². The average molecular weight is 487 g/mol. The molecule has 2 aromatic carbocycles. The average Bonchev–Trinajstić information content (AvgIpc) is 2.81. The second-order valence-corrected chi connectivity index (χ2v) is 7.98. The molecule has 1 heterocycles. The summed E-state index contributed by atoms with van der Waals surface area (Å²) < 4.78 is 14.2. The van der Waals surface area contributed by atoms with Crippen LogP contribution in [0.1, 0.15) is 11.1 Å². The largest absolute Gasteiger partial charge is 0.506 e. The molecular weight excluding hydrogens is 477 g/mol. The Morgan fingerprint density at radius 3 is 2.52 bits per heavy atom. The molecule has 0 bridgehead atoms. The Kier molecular flexibility index (Phi) is 5.31. The number of nitrogens with zero attached hydrogens (tertiary/aromatic N) is 1. The van der Waals surface area contributed by atoms with Crippen LogP contribution in [0.15, 0.2) is 50.2 Å². The van der Waals surface area contributed by atoms with Gasteiger partial charge in [0, 0.05) is 10.0 Å². The van der Waals surface area contributed by atoms with Crippen LogP contribution in [0.3, 0.4) is 0 Å². The zero-order chi connectivity index (χ0) is 18.1. The summed E-state index contributed by atoms with van der Waals surface area (Å²) in [4.78, 5) is 26.0. The molecule has 1 N–H and O–H groups in total. The van der Waals surface area contributed by atoms with Crippen molar-refractivity contribution in [1.29, 1.82) is 0 Å². The highest BCUT2D eigenvalue weighted by atomic mass is 79.9. The molecule has 2 aromatic rings. The summed E-state index contributed by atoms with van der Waals surface area (Å²) in [5, 5.41) is 9.69. The normalized spacial score (nSPS) is 16.1. The Balaban J connectivity index is 1.87. The number of rotatable bonds is 3. The van der Waals surface area contributed by atoms with Gasteiger partial charge in [-0.05, 0) is 63.6 Å². The van der Waals surface area contributed by atoms with Crippen molar-refractivity contribution >= 4 is 60.8 Å². The molecule has 1 fully saturated rings. The van der Waals surface area contributed by atoms with Gasteiger partial charge in [0.1, 0.15) is 11.6 Å². The molecule has 1 saturated heterocycles. The summed E-state index contributed by atoms with van der Waals surface area (Å²) in [6, 6.07) is 8.93. The van der Waals surface area contributed by atoms with Gasteiger partial charge in [-0.3, -0.25) is 14.5 Å². The summed E-state index contributed by atoms with van der Waals surface area (Å²) in [5.74, 6) is -0.850. The van der Waals surface area contributed by atoms with Crippen LogP contribution in [0.5, 0.6) is 5.75 Å². The van der Waals surface area contributed by atoms with E-state index in [-0.39, 0.29) is 23.0 Å². The van der Waals surface area contributed by atoms with E-state index in [1.54, 1.807) is 12.1 Å². The van der Waals surface area contributed by atoms with Crippen LogP contribution in [0.25, 0.3) is 6.08 Å². The molecule has 0 spiro atoms. The van der Waals surface area contributed by atoms with E-state index in [0.717, 1.165) is 16.7 Å². The van der Waals surface area contributed by atoms with Crippen LogP contribution in [0.4, 0.5) is 9.18 Å². The first-order valence-electron chi connectivity index (χ1n) is 7.03. The number of carbonyl (C=O) groups excluding carboxylic acids is 2. The maximum atomic E-state index is 13.0. The molecule has 4 nitrogen and oxygen atoms in total. The van der Waals surface area contributed by atoms with Crippen molar-refractivity contribution in [2.24, 2.45) is 0 Å². The molecule has 2 amide bonds. The fourth-order valence-corrected chi connectivity index (χ4v) is 4.33. The number of phenols is 1. The first-order valence-corrected chi connectivity index (χ1v) is 9.43. The van der Waals surface area contributed by atoms with E-state index in [1.165, 1.54) is 30.3 Å². The topological polar surface area (TPSA) is 57.6 Å².